The zero-order valence-electron chi connectivity index (χ0n) is 27.4. The maximum atomic E-state index is 13.2. The predicted octanol–water partition coefficient (Wildman–Crippen LogP) is 9.15. The Morgan fingerprint density at radius 1 is 0.641 bits per heavy atom. The van der Waals surface area contributed by atoms with E-state index in [4.69, 9.17) is 22.1 Å². The van der Waals surface area contributed by atoms with Crippen molar-refractivity contribution in [1.82, 2.24) is 0 Å². The highest BCUT2D eigenvalue weighted by Gasteiger charge is 2.46. The average molecular weight is 619 g/mol. The van der Waals surface area contributed by atoms with E-state index >= 15 is 0 Å². The van der Waals surface area contributed by atoms with E-state index in [1.165, 1.54) is 0 Å². The fourth-order valence-corrected chi connectivity index (χ4v) is 17.0. The standard InChI is InChI=1S/C28H61F3O5Si3/c1-24(26(3,4)5)22-32-17-14-19-34-38(11,12)36-39(13,21-16-28(29,30)31)35-37(9,10)20-15-18-33-23-25(2)27(6,7)8/h24-25H,14-23H2,1-13H3. The number of alkyl halides is 3. The smallest absolute Gasteiger partial charge is 0.389 e. The van der Waals surface area contributed by atoms with Crippen molar-refractivity contribution >= 4 is 25.4 Å². The SMILES string of the molecule is CC(COCCCO[Si](C)(C)O[Si](C)(CCC(F)(F)F)O[Si](C)(C)CCCOCC(C)C(C)(C)C)C(C)(C)C. The Balaban J connectivity index is 4.92. The minimum atomic E-state index is -4.25. The predicted molar refractivity (Wildman–Crippen MR) is 163 cm³/mol. The van der Waals surface area contributed by atoms with Crippen LogP contribution in [0, 0.1) is 22.7 Å². The molecule has 3 atom stereocenters. The van der Waals surface area contributed by atoms with Gasteiger partial charge in [0.15, 0.2) is 8.32 Å². The largest absolute Gasteiger partial charge is 0.436 e. The van der Waals surface area contributed by atoms with Gasteiger partial charge in [-0.25, -0.2) is 0 Å². The van der Waals surface area contributed by atoms with Gasteiger partial charge in [-0.3, -0.25) is 0 Å². The zero-order chi connectivity index (χ0) is 30.8. The zero-order valence-corrected chi connectivity index (χ0v) is 30.4. The van der Waals surface area contributed by atoms with Crippen LogP contribution in [0.5, 0.6) is 0 Å². The van der Waals surface area contributed by atoms with Gasteiger partial charge in [-0.1, -0.05) is 55.4 Å². The van der Waals surface area contributed by atoms with Gasteiger partial charge in [0.2, 0.25) is 0 Å². The summed E-state index contributed by atoms with van der Waals surface area (Å²) in [4.78, 5) is 0. The van der Waals surface area contributed by atoms with E-state index in [0.717, 1.165) is 12.5 Å². The third-order valence-electron chi connectivity index (χ3n) is 7.46. The molecule has 5 nitrogen and oxygen atoms in total. The highest BCUT2D eigenvalue weighted by atomic mass is 28.5. The highest BCUT2D eigenvalue weighted by molar-refractivity contribution is 6.87. The maximum absolute atomic E-state index is 13.2. The number of halogens is 3. The Morgan fingerprint density at radius 3 is 1.54 bits per heavy atom. The monoisotopic (exact) mass is 618 g/mol. The molecule has 0 N–H and O–H groups in total. The van der Waals surface area contributed by atoms with Crippen LogP contribution in [-0.2, 0) is 22.1 Å². The first-order valence-electron chi connectivity index (χ1n) is 14.6. The Hall–Kier alpha value is 0.241. The van der Waals surface area contributed by atoms with Crippen molar-refractivity contribution in [3.8, 4) is 0 Å². The molecule has 0 aliphatic heterocycles. The van der Waals surface area contributed by atoms with Gasteiger partial charge in [0.05, 0.1) is 0 Å². The second-order valence-corrected chi connectivity index (χ2v) is 26.1. The molecule has 39 heavy (non-hydrogen) atoms. The van der Waals surface area contributed by atoms with Crippen LogP contribution in [0.3, 0.4) is 0 Å². The van der Waals surface area contributed by atoms with Crippen LogP contribution in [0.25, 0.3) is 0 Å². The molecular formula is C28H61F3O5Si3. The van der Waals surface area contributed by atoms with Gasteiger partial charge >= 0.3 is 23.3 Å². The van der Waals surface area contributed by atoms with Crippen LogP contribution in [0.2, 0.25) is 44.8 Å². The molecule has 0 fully saturated rings. The first-order chi connectivity index (χ1) is 17.4. The van der Waals surface area contributed by atoms with E-state index in [-0.39, 0.29) is 16.9 Å². The second-order valence-electron chi connectivity index (χ2n) is 14.6. The summed E-state index contributed by atoms with van der Waals surface area (Å²) in [5.41, 5.74) is 0.386. The third-order valence-corrected chi connectivity index (χ3v) is 18.7. The summed E-state index contributed by atoms with van der Waals surface area (Å²) in [7, 11) is -8.14. The first-order valence-corrected chi connectivity index (χ1v) is 23.1. The lowest BCUT2D eigenvalue weighted by Crippen LogP contribution is -2.55. The van der Waals surface area contributed by atoms with Crippen LogP contribution in [0.1, 0.15) is 74.7 Å². The van der Waals surface area contributed by atoms with Crippen LogP contribution in [0.15, 0.2) is 0 Å². The summed E-state index contributed by atoms with van der Waals surface area (Å²) in [6, 6.07) is 0.683. The minimum Gasteiger partial charge on any atom is -0.436 e. The van der Waals surface area contributed by atoms with Gasteiger partial charge in [-0.2, -0.15) is 13.2 Å². The molecule has 0 aromatic rings. The summed E-state index contributed by atoms with van der Waals surface area (Å²) in [6.07, 6.45) is -3.62. The lowest BCUT2D eigenvalue weighted by molar-refractivity contribution is -0.131. The van der Waals surface area contributed by atoms with Crippen molar-refractivity contribution in [3.05, 3.63) is 0 Å². The summed E-state index contributed by atoms with van der Waals surface area (Å²) in [5.74, 6) is 0.882. The molecule has 0 saturated carbocycles. The van der Waals surface area contributed by atoms with E-state index in [9.17, 15) is 13.2 Å². The van der Waals surface area contributed by atoms with Crippen molar-refractivity contribution < 1.29 is 35.3 Å². The van der Waals surface area contributed by atoms with Gasteiger partial charge in [0, 0.05) is 39.5 Å². The lowest BCUT2D eigenvalue weighted by atomic mass is 9.83. The van der Waals surface area contributed by atoms with E-state index in [1.54, 1.807) is 6.55 Å². The topological polar surface area (TPSA) is 46.2 Å². The third kappa shape index (κ3) is 19.9. The summed E-state index contributed by atoms with van der Waals surface area (Å²) in [5, 5.41) is 0. The maximum Gasteiger partial charge on any atom is 0.389 e. The summed E-state index contributed by atoms with van der Waals surface area (Å²) in [6.45, 7) is 30.3. The molecule has 0 aromatic carbocycles. The minimum absolute atomic E-state index is 0.125. The normalized spacial score (nSPS) is 17.2. The molecule has 0 aromatic heterocycles. The van der Waals surface area contributed by atoms with Crippen molar-refractivity contribution in [2.45, 2.75) is 126 Å². The number of hydrogen-bond donors (Lipinski definition) is 0. The van der Waals surface area contributed by atoms with Gasteiger partial charge < -0.3 is 22.1 Å². The van der Waals surface area contributed by atoms with Crippen LogP contribution < -0.4 is 0 Å². The number of hydrogen-bond acceptors (Lipinski definition) is 5. The lowest BCUT2D eigenvalue weighted by Gasteiger charge is -2.40. The molecule has 236 valence electrons. The van der Waals surface area contributed by atoms with E-state index in [1.807, 2.05) is 13.1 Å². The second kappa shape index (κ2) is 16.2. The molecule has 0 heterocycles. The number of ether oxygens (including phenoxy) is 2. The van der Waals surface area contributed by atoms with Crippen LogP contribution >= 0.6 is 0 Å². The van der Waals surface area contributed by atoms with Crippen molar-refractivity contribution in [2.24, 2.45) is 22.7 Å². The molecule has 11 heteroatoms. The molecule has 3 unspecified atom stereocenters. The first kappa shape index (κ1) is 39.2. The molecule has 0 bridgehead atoms. The molecule has 0 amide bonds. The van der Waals surface area contributed by atoms with Crippen molar-refractivity contribution in [2.75, 3.05) is 33.0 Å². The van der Waals surface area contributed by atoms with Gasteiger partial charge in [0.25, 0.3) is 0 Å². The van der Waals surface area contributed by atoms with Gasteiger partial charge in [-0.15, -0.1) is 0 Å². The van der Waals surface area contributed by atoms with Gasteiger partial charge in [-0.05, 0) is 80.3 Å². The molecular weight excluding hydrogens is 558 g/mol. The quantitative estimate of drug-likeness (QED) is 0.107. The Bertz CT molecular complexity index is 679. The molecule has 0 saturated heterocycles. The average Bonchev–Trinajstić information content (AvgIpc) is 2.71. The van der Waals surface area contributed by atoms with Crippen molar-refractivity contribution in [3.63, 3.8) is 0 Å². The van der Waals surface area contributed by atoms with E-state index in [2.05, 4.69) is 68.5 Å². The molecule has 0 rings (SSSR count). The molecule has 0 spiro atoms. The van der Waals surface area contributed by atoms with Gasteiger partial charge in [0.1, 0.15) is 0 Å². The van der Waals surface area contributed by atoms with Crippen LogP contribution in [0.4, 0.5) is 13.2 Å². The Labute approximate surface area is 241 Å². The molecule has 0 aliphatic rings. The summed E-state index contributed by atoms with van der Waals surface area (Å²) >= 11 is 0. The molecule has 0 aliphatic carbocycles. The number of rotatable bonds is 19. The van der Waals surface area contributed by atoms with Crippen molar-refractivity contribution in [1.29, 1.82) is 0 Å². The summed E-state index contributed by atoms with van der Waals surface area (Å²) < 4.78 is 70.5. The van der Waals surface area contributed by atoms with E-state index in [0.29, 0.717) is 51.3 Å². The fourth-order valence-electron chi connectivity index (χ4n) is 3.78. The van der Waals surface area contributed by atoms with Crippen LogP contribution in [-0.4, -0.2) is 64.6 Å². The molecule has 0 radical (unpaired) electrons. The Morgan fingerprint density at radius 2 is 1.10 bits per heavy atom. The highest BCUT2D eigenvalue weighted by Crippen LogP contribution is 2.33. The fraction of sp³-hybridized carbons (Fsp3) is 1.00. The van der Waals surface area contributed by atoms with E-state index < -0.39 is 38.0 Å². The Kier molecular flexibility index (Phi) is 16.3.